The van der Waals surface area contributed by atoms with Gasteiger partial charge in [0.1, 0.15) is 22.9 Å². The van der Waals surface area contributed by atoms with Crippen molar-refractivity contribution in [1.82, 2.24) is 4.90 Å². The molecular formula is C19H21N3O5. The molecule has 3 heterocycles. The Morgan fingerprint density at radius 1 is 0.963 bits per heavy atom. The summed E-state index contributed by atoms with van der Waals surface area (Å²) in [5.41, 5.74) is -0.393. The molecular weight excluding hydrogens is 350 g/mol. The van der Waals surface area contributed by atoms with Crippen LogP contribution in [0.15, 0.2) is 55.2 Å². The van der Waals surface area contributed by atoms with Crippen molar-refractivity contribution >= 4 is 11.4 Å². The fourth-order valence-corrected chi connectivity index (χ4v) is 3.30. The zero-order valence-corrected chi connectivity index (χ0v) is 14.8. The third-order valence-electron chi connectivity index (χ3n) is 4.76. The molecule has 1 atom stereocenters. The summed E-state index contributed by atoms with van der Waals surface area (Å²) < 4.78 is 16.3. The van der Waals surface area contributed by atoms with Gasteiger partial charge in [0.25, 0.3) is 10.9 Å². The van der Waals surface area contributed by atoms with Crippen LogP contribution in [0.25, 0.3) is 0 Å². The third-order valence-corrected chi connectivity index (χ3v) is 4.76. The van der Waals surface area contributed by atoms with Gasteiger partial charge in [-0.05, 0) is 24.3 Å². The summed E-state index contributed by atoms with van der Waals surface area (Å²) in [7, 11) is 0. The van der Waals surface area contributed by atoms with Crippen LogP contribution in [0, 0.1) is 0 Å². The minimum atomic E-state index is -0.509. The minimum Gasteiger partial charge on any atom is -0.468 e. The quantitative estimate of drug-likeness (QED) is 0.576. The summed E-state index contributed by atoms with van der Waals surface area (Å²) in [6.45, 7) is 3.68. The van der Waals surface area contributed by atoms with Gasteiger partial charge in [-0.2, -0.15) is 0 Å². The number of ether oxygens (including phenoxy) is 1. The van der Waals surface area contributed by atoms with Crippen molar-refractivity contribution in [2.45, 2.75) is 12.6 Å². The Labute approximate surface area is 155 Å². The zero-order chi connectivity index (χ0) is 18.6. The van der Waals surface area contributed by atoms with E-state index in [4.69, 9.17) is 13.6 Å². The lowest BCUT2D eigenvalue weighted by molar-refractivity contribution is 0.0144. The first-order valence-electron chi connectivity index (χ1n) is 8.92. The highest BCUT2D eigenvalue weighted by molar-refractivity contribution is 5.74. The molecule has 142 valence electrons. The Morgan fingerprint density at radius 3 is 2.33 bits per heavy atom. The molecule has 1 fully saturated rings. The summed E-state index contributed by atoms with van der Waals surface area (Å²) in [4.78, 5) is 26.2. The lowest BCUT2D eigenvalue weighted by Crippen LogP contribution is -2.43. The van der Waals surface area contributed by atoms with Crippen molar-refractivity contribution < 1.29 is 13.6 Å². The number of morpholine rings is 1. The molecule has 2 aromatic heterocycles. The molecule has 4 rings (SSSR count). The van der Waals surface area contributed by atoms with Crippen LogP contribution in [0.5, 0.6) is 0 Å². The maximum absolute atomic E-state index is 12.0. The van der Waals surface area contributed by atoms with E-state index in [2.05, 4.69) is 15.5 Å². The first-order valence-corrected chi connectivity index (χ1v) is 8.92. The van der Waals surface area contributed by atoms with Crippen LogP contribution in [-0.2, 0) is 11.3 Å². The van der Waals surface area contributed by atoms with Gasteiger partial charge in [0.2, 0.25) is 0 Å². The molecule has 1 aliphatic heterocycles. The maximum Gasteiger partial charge on any atom is 0.253 e. The SMILES string of the molecule is O=c1c(NCc2ccco2)c(NCC(c2ccco2)N2CCOCC2)c1=O. The smallest absolute Gasteiger partial charge is 0.253 e. The lowest BCUT2D eigenvalue weighted by Gasteiger charge is -2.33. The standard InChI is InChI=1S/C19H21N3O5/c23-18-16(20-11-13-3-1-7-26-13)17(19(18)24)21-12-14(15-4-2-8-27-15)22-5-9-25-10-6-22/h1-4,7-8,14,20-21H,5-6,9-12H2. The fraction of sp³-hybridized carbons (Fsp3) is 0.368. The van der Waals surface area contributed by atoms with E-state index in [-0.39, 0.29) is 6.04 Å². The van der Waals surface area contributed by atoms with Crippen LogP contribution < -0.4 is 21.5 Å². The van der Waals surface area contributed by atoms with E-state index in [1.807, 2.05) is 12.1 Å². The molecule has 8 heteroatoms. The Hall–Kier alpha value is -2.84. The highest BCUT2D eigenvalue weighted by atomic mass is 16.5. The monoisotopic (exact) mass is 371 g/mol. The van der Waals surface area contributed by atoms with E-state index in [9.17, 15) is 9.59 Å². The van der Waals surface area contributed by atoms with Crippen LogP contribution in [0.2, 0.25) is 0 Å². The van der Waals surface area contributed by atoms with Crippen molar-refractivity contribution in [2.75, 3.05) is 43.5 Å². The number of nitrogens with one attached hydrogen (secondary N) is 2. The van der Waals surface area contributed by atoms with Crippen LogP contribution in [-0.4, -0.2) is 37.7 Å². The average Bonchev–Trinajstić information content (AvgIpc) is 3.41. The highest BCUT2D eigenvalue weighted by Gasteiger charge is 2.27. The van der Waals surface area contributed by atoms with E-state index in [1.165, 1.54) is 0 Å². The topological polar surface area (TPSA) is 96.9 Å². The van der Waals surface area contributed by atoms with Crippen molar-refractivity contribution in [3.05, 3.63) is 68.8 Å². The second-order valence-corrected chi connectivity index (χ2v) is 6.40. The summed E-state index contributed by atoms with van der Waals surface area (Å²) in [6, 6.07) is 7.29. The number of rotatable bonds is 8. The Kier molecular flexibility index (Phi) is 5.08. The van der Waals surface area contributed by atoms with Gasteiger partial charge < -0.3 is 24.2 Å². The van der Waals surface area contributed by atoms with E-state index < -0.39 is 10.9 Å². The summed E-state index contributed by atoms with van der Waals surface area (Å²) >= 11 is 0. The second-order valence-electron chi connectivity index (χ2n) is 6.40. The van der Waals surface area contributed by atoms with Crippen molar-refractivity contribution in [3.63, 3.8) is 0 Å². The molecule has 0 saturated carbocycles. The molecule has 3 aromatic rings. The van der Waals surface area contributed by atoms with Crippen LogP contribution in [0.4, 0.5) is 11.4 Å². The molecule has 1 aliphatic rings. The predicted molar refractivity (Wildman–Crippen MR) is 99.7 cm³/mol. The Morgan fingerprint density at radius 2 is 1.67 bits per heavy atom. The largest absolute Gasteiger partial charge is 0.468 e. The Bertz CT molecular complexity index is 920. The number of hydrogen-bond donors (Lipinski definition) is 2. The minimum absolute atomic E-state index is 0.0498. The first kappa shape index (κ1) is 17.6. The molecule has 1 unspecified atom stereocenters. The summed E-state index contributed by atoms with van der Waals surface area (Å²) in [6.07, 6.45) is 3.20. The van der Waals surface area contributed by atoms with Crippen molar-refractivity contribution in [3.8, 4) is 0 Å². The number of furan rings is 2. The van der Waals surface area contributed by atoms with Gasteiger partial charge in [0.05, 0.1) is 38.3 Å². The molecule has 1 saturated heterocycles. The molecule has 1 aromatic carbocycles. The normalized spacial score (nSPS) is 16.4. The molecule has 0 amide bonds. The first-order chi connectivity index (χ1) is 13.2. The molecule has 27 heavy (non-hydrogen) atoms. The van der Waals surface area contributed by atoms with E-state index in [0.29, 0.717) is 43.4 Å². The van der Waals surface area contributed by atoms with Crippen molar-refractivity contribution in [1.29, 1.82) is 0 Å². The lowest BCUT2D eigenvalue weighted by atomic mass is 10.1. The molecule has 0 bridgehead atoms. The highest BCUT2D eigenvalue weighted by Crippen LogP contribution is 2.24. The van der Waals surface area contributed by atoms with E-state index >= 15 is 0 Å². The van der Waals surface area contributed by atoms with Gasteiger partial charge in [-0.1, -0.05) is 0 Å². The number of anilines is 2. The van der Waals surface area contributed by atoms with Gasteiger partial charge in [-0.15, -0.1) is 0 Å². The van der Waals surface area contributed by atoms with Crippen LogP contribution >= 0.6 is 0 Å². The fourth-order valence-electron chi connectivity index (χ4n) is 3.30. The van der Waals surface area contributed by atoms with Gasteiger partial charge >= 0.3 is 0 Å². The number of nitrogens with zero attached hydrogens (tertiary/aromatic N) is 1. The number of hydrogen-bond acceptors (Lipinski definition) is 8. The molecule has 0 radical (unpaired) electrons. The maximum atomic E-state index is 12.0. The van der Waals surface area contributed by atoms with Gasteiger partial charge in [-0.25, -0.2) is 0 Å². The summed E-state index contributed by atoms with van der Waals surface area (Å²) in [5.74, 6) is 1.50. The molecule has 8 nitrogen and oxygen atoms in total. The van der Waals surface area contributed by atoms with Gasteiger partial charge in [0.15, 0.2) is 0 Å². The van der Waals surface area contributed by atoms with E-state index in [1.54, 1.807) is 24.7 Å². The van der Waals surface area contributed by atoms with Gasteiger partial charge in [-0.3, -0.25) is 14.5 Å². The van der Waals surface area contributed by atoms with Crippen molar-refractivity contribution in [2.24, 2.45) is 0 Å². The third kappa shape index (κ3) is 3.67. The molecule has 2 N–H and O–H groups in total. The average molecular weight is 371 g/mol. The second kappa shape index (κ2) is 7.81. The van der Waals surface area contributed by atoms with Gasteiger partial charge in [0, 0.05) is 19.6 Å². The van der Waals surface area contributed by atoms with E-state index in [0.717, 1.165) is 18.8 Å². The summed E-state index contributed by atoms with van der Waals surface area (Å²) in [5, 5.41) is 6.12. The molecule has 0 spiro atoms. The zero-order valence-electron chi connectivity index (χ0n) is 14.8. The molecule has 0 aliphatic carbocycles. The van der Waals surface area contributed by atoms with Crippen LogP contribution in [0.3, 0.4) is 0 Å². The predicted octanol–water partition coefficient (Wildman–Crippen LogP) is 1.57. The Balaban J connectivity index is 1.45. The van der Waals surface area contributed by atoms with Crippen LogP contribution in [0.1, 0.15) is 17.6 Å².